The van der Waals surface area contributed by atoms with Crippen molar-refractivity contribution in [3.8, 4) is 0 Å². The Morgan fingerprint density at radius 2 is 1.39 bits per heavy atom. The lowest BCUT2D eigenvalue weighted by atomic mass is 9.79. The highest BCUT2D eigenvalue weighted by Gasteiger charge is 2.49. The summed E-state index contributed by atoms with van der Waals surface area (Å²) in [6.45, 7) is 0. The number of hydrogen-bond acceptors (Lipinski definition) is 2. The van der Waals surface area contributed by atoms with Crippen molar-refractivity contribution in [1.82, 2.24) is 0 Å². The Hall–Kier alpha value is -2.68. The first-order valence-corrected chi connectivity index (χ1v) is 7.93. The number of rotatable bonds is 2. The van der Waals surface area contributed by atoms with Crippen LogP contribution < -0.4 is 4.90 Å². The lowest BCUT2D eigenvalue weighted by molar-refractivity contribution is -0.122. The van der Waals surface area contributed by atoms with Crippen LogP contribution in [-0.2, 0) is 9.59 Å². The highest BCUT2D eigenvalue weighted by molar-refractivity contribution is 6.22. The van der Waals surface area contributed by atoms with E-state index in [1.807, 2.05) is 48.5 Å². The van der Waals surface area contributed by atoms with Crippen molar-refractivity contribution in [1.29, 1.82) is 0 Å². The van der Waals surface area contributed by atoms with Crippen LogP contribution in [0.25, 0.3) is 5.57 Å². The van der Waals surface area contributed by atoms with E-state index in [9.17, 15) is 9.59 Å². The van der Waals surface area contributed by atoms with E-state index in [0.717, 1.165) is 5.56 Å². The third-order valence-electron chi connectivity index (χ3n) is 4.78. The van der Waals surface area contributed by atoms with Gasteiger partial charge in [-0.3, -0.25) is 14.5 Å². The molecule has 0 radical (unpaired) electrons. The van der Waals surface area contributed by atoms with Crippen LogP contribution >= 0.6 is 0 Å². The van der Waals surface area contributed by atoms with Crippen molar-refractivity contribution in [3.05, 3.63) is 72.3 Å². The van der Waals surface area contributed by atoms with E-state index < -0.39 is 0 Å². The van der Waals surface area contributed by atoms with Crippen LogP contribution in [0.3, 0.4) is 0 Å². The molecule has 0 bridgehead atoms. The summed E-state index contributed by atoms with van der Waals surface area (Å²) in [6, 6.07) is 19.3. The van der Waals surface area contributed by atoms with E-state index in [4.69, 9.17) is 0 Å². The molecule has 3 nitrogen and oxygen atoms in total. The third kappa shape index (κ3) is 2.29. The molecule has 2 aromatic rings. The zero-order valence-electron chi connectivity index (χ0n) is 12.7. The zero-order chi connectivity index (χ0) is 15.8. The highest BCUT2D eigenvalue weighted by Crippen LogP contribution is 2.42. The number of imide groups is 1. The average Bonchev–Trinajstić information content (AvgIpc) is 2.87. The van der Waals surface area contributed by atoms with E-state index in [0.29, 0.717) is 18.5 Å². The maximum Gasteiger partial charge on any atom is 0.238 e. The molecule has 23 heavy (non-hydrogen) atoms. The topological polar surface area (TPSA) is 37.4 Å². The Morgan fingerprint density at radius 1 is 0.783 bits per heavy atom. The quantitative estimate of drug-likeness (QED) is 0.794. The minimum absolute atomic E-state index is 0.0606. The number of anilines is 1. The van der Waals surface area contributed by atoms with Gasteiger partial charge in [0.05, 0.1) is 17.5 Å². The number of benzene rings is 2. The van der Waals surface area contributed by atoms with E-state index >= 15 is 0 Å². The summed E-state index contributed by atoms with van der Waals surface area (Å²) in [5.41, 5.74) is 2.99. The number of carbonyl (C=O) groups excluding carboxylic acids is 2. The summed E-state index contributed by atoms with van der Waals surface area (Å²) < 4.78 is 0. The van der Waals surface area contributed by atoms with Crippen molar-refractivity contribution < 1.29 is 9.59 Å². The summed E-state index contributed by atoms with van der Waals surface area (Å²) in [7, 11) is 0. The molecule has 0 aromatic heterocycles. The van der Waals surface area contributed by atoms with Gasteiger partial charge in [0.25, 0.3) is 0 Å². The second-order valence-electron chi connectivity index (χ2n) is 6.10. The molecule has 0 N–H and O–H groups in total. The second kappa shape index (κ2) is 5.51. The van der Waals surface area contributed by atoms with Gasteiger partial charge in [-0.05, 0) is 36.1 Å². The number of amides is 2. The molecular formula is C20H17NO2. The van der Waals surface area contributed by atoms with Crippen LogP contribution in [0.1, 0.15) is 18.4 Å². The summed E-state index contributed by atoms with van der Waals surface area (Å²) in [5.74, 6) is -0.569. The van der Waals surface area contributed by atoms with Crippen LogP contribution in [0.4, 0.5) is 5.69 Å². The van der Waals surface area contributed by atoms with Crippen LogP contribution in [-0.4, -0.2) is 11.8 Å². The van der Waals surface area contributed by atoms with Crippen LogP contribution in [0.15, 0.2) is 66.7 Å². The third-order valence-corrected chi connectivity index (χ3v) is 4.78. The van der Waals surface area contributed by atoms with Crippen molar-refractivity contribution >= 4 is 23.1 Å². The Bertz CT molecular complexity index is 780. The fourth-order valence-electron chi connectivity index (χ4n) is 3.59. The van der Waals surface area contributed by atoms with Crippen molar-refractivity contribution in [3.63, 3.8) is 0 Å². The first-order chi connectivity index (χ1) is 11.3. The molecule has 4 rings (SSSR count). The van der Waals surface area contributed by atoms with Crippen molar-refractivity contribution in [2.75, 3.05) is 4.90 Å². The van der Waals surface area contributed by atoms with E-state index in [1.165, 1.54) is 10.5 Å². The van der Waals surface area contributed by atoms with Crippen molar-refractivity contribution in [2.24, 2.45) is 11.8 Å². The van der Waals surface area contributed by atoms with Gasteiger partial charge in [0, 0.05) is 0 Å². The Kier molecular flexibility index (Phi) is 3.34. The standard InChI is InChI=1S/C20H17NO2/c22-19-17-12-11-15(14-7-3-1-4-8-14)13-18(17)20(23)21(19)16-9-5-2-6-10-16/h1-11,17-18H,12-13H2. The molecular weight excluding hydrogens is 286 g/mol. The number of fused-ring (bicyclic) bond motifs is 1. The largest absolute Gasteiger partial charge is 0.274 e. The number of hydrogen-bond donors (Lipinski definition) is 0. The van der Waals surface area contributed by atoms with Crippen LogP contribution in [0, 0.1) is 11.8 Å². The van der Waals surface area contributed by atoms with Gasteiger partial charge in [0.15, 0.2) is 0 Å². The number of allylic oxidation sites excluding steroid dienone is 2. The second-order valence-corrected chi connectivity index (χ2v) is 6.10. The zero-order valence-corrected chi connectivity index (χ0v) is 12.7. The van der Waals surface area contributed by atoms with Gasteiger partial charge in [-0.25, -0.2) is 0 Å². The summed E-state index contributed by atoms with van der Waals surface area (Å²) in [4.78, 5) is 26.8. The normalized spacial score (nSPS) is 23.7. The van der Waals surface area contributed by atoms with E-state index in [2.05, 4.69) is 18.2 Å². The molecule has 2 aromatic carbocycles. The lowest BCUT2D eigenvalue weighted by Crippen LogP contribution is -2.30. The SMILES string of the molecule is O=C1C2CC=C(c3ccccc3)CC2C(=O)N1c1ccccc1. The van der Waals surface area contributed by atoms with Crippen LogP contribution in [0.2, 0.25) is 0 Å². The first kappa shape index (κ1) is 13.9. The van der Waals surface area contributed by atoms with Gasteiger partial charge in [-0.1, -0.05) is 54.6 Å². The molecule has 3 heteroatoms. The number of para-hydroxylation sites is 1. The molecule has 114 valence electrons. The molecule has 2 atom stereocenters. The number of nitrogens with zero attached hydrogens (tertiary/aromatic N) is 1. The van der Waals surface area contributed by atoms with Gasteiger partial charge in [0.2, 0.25) is 11.8 Å². The van der Waals surface area contributed by atoms with E-state index in [1.54, 1.807) is 0 Å². The van der Waals surface area contributed by atoms with Crippen LogP contribution in [0.5, 0.6) is 0 Å². The summed E-state index contributed by atoms with van der Waals surface area (Å²) in [6.07, 6.45) is 3.40. The molecule has 1 heterocycles. The maximum absolute atomic E-state index is 12.8. The molecule has 0 saturated carbocycles. The minimum Gasteiger partial charge on any atom is -0.274 e. The van der Waals surface area contributed by atoms with Gasteiger partial charge in [-0.15, -0.1) is 0 Å². The molecule has 2 amide bonds. The smallest absolute Gasteiger partial charge is 0.238 e. The Labute approximate surface area is 135 Å². The Morgan fingerprint density at radius 3 is 2.09 bits per heavy atom. The average molecular weight is 303 g/mol. The predicted octanol–water partition coefficient (Wildman–Crippen LogP) is 3.67. The monoisotopic (exact) mass is 303 g/mol. The fourth-order valence-corrected chi connectivity index (χ4v) is 3.59. The molecule has 2 unspecified atom stereocenters. The lowest BCUT2D eigenvalue weighted by Gasteiger charge is -2.21. The molecule has 1 fully saturated rings. The molecule has 2 aliphatic rings. The molecule has 1 aliphatic heterocycles. The van der Waals surface area contributed by atoms with Gasteiger partial charge in [-0.2, -0.15) is 0 Å². The van der Waals surface area contributed by atoms with Crippen molar-refractivity contribution in [2.45, 2.75) is 12.8 Å². The molecule has 1 saturated heterocycles. The highest BCUT2D eigenvalue weighted by atomic mass is 16.2. The maximum atomic E-state index is 12.8. The summed E-state index contributed by atoms with van der Waals surface area (Å²) in [5, 5.41) is 0. The van der Waals surface area contributed by atoms with E-state index in [-0.39, 0.29) is 23.7 Å². The molecule has 0 spiro atoms. The first-order valence-electron chi connectivity index (χ1n) is 7.93. The number of carbonyl (C=O) groups is 2. The fraction of sp³-hybridized carbons (Fsp3) is 0.200. The molecule has 1 aliphatic carbocycles. The van der Waals surface area contributed by atoms with Gasteiger partial charge in [0.1, 0.15) is 0 Å². The predicted molar refractivity (Wildman–Crippen MR) is 89.6 cm³/mol. The van der Waals surface area contributed by atoms with Gasteiger partial charge >= 0.3 is 0 Å². The minimum atomic E-state index is -0.233. The summed E-state index contributed by atoms with van der Waals surface area (Å²) >= 11 is 0. The van der Waals surface area contributed by atoms with Gasteiger partial charge < -0.3 is 0 Å². The Balaban J connectivity index is 1.64.